The molecule has 6 rings (SSSR count). The number of piperidine rings is 1. The number of aromatic nitrogens is 1. The molecule has 1 aromatic carbocycles. The van der Waals surface area contributed by atoms with Crippen LogP contribution in [-0.2, 0) is 28.9 Å². The van der Waals surface area contributed by atoms with Gasteiger partial charge in [0.15, 0.2) is 0 Å². The van der Waals surface area contributed by atoms with Crippen LogP contribution in [0.3, 0.4) is 0 Å². The lowest BCUT2D eigenvalue weighted by atomic mass is 9.91. The Morgan fingerprint density at radius 3 is 2.50 bits per heavy atom. The number of carbonyl (C=O) groups excluding carboxylic acids is 3. The summed E-state index contributed by atoms with van der Waals surface area (Å²) >= 11 is 8.10. The number of urea groups is 1. The molecule has 10 nitrogen and oxygen atoms in total. The SMILES string of the molecule is CCc1cc(C[C@@H](CC(=O)N2CCC(N3CCc4cscc4NC3=O)CC2)C(=O)N2CCN(c3ccncc3)CC2)cc(Cl)c1N. The standard InChI is InChI=1S/C34H42ClN7O3S/c1-2-24-17-23(19-29(35)32(24)36)18-26(33(44)41-15-13-39(14-16-41)27-3-8-37-9-4-27)20-31(43)40-10-6-28(7-11-40)42-12-5-25-21-46-22-30(25)38-34(42)45/h3-4,8-9,17,19,21-22,26,28H,2,5-7,10-16,18,20,36H2,1H3,(H,38,45)/t26-/m0/s1. The second-order valence-electron chi connectivity index (χ2n) is 12.4. The van der Waals surface area contributed by atoms with E-state index in [1.54, 1.807) is 23.7 Å². The van der Waals surface area contributed by atoms with Gasteiger partial charge < -0.3 is 30.7 Å². The number of thiophene rings is 1. The quantitative estimate of drug-likeness (QED) is 0.331. The molecule has 0 saturated carbocycles. The third kappa shape index (κ3) is 7.10. The maximum Gasteiger partial charge on any atom is 0.322 e. The van der Waals surface area contributed by atoms with E-state index < -0.39 is 5.92 Å². The fraction of sp³-hybridized carbons (Fsp3) is 0.471. The van der Waals surface area contributed by atoms with E-state index in [2.05, 4.69) is 20.6 Å². The number of fused-ring (bicyclic) bond motifs is 1. The Hall–Kier alpha value is -3.83. The molecule has 0 radical (unpaired) electrons. The Kier molecular flexibility index (Phi) is 9.98. The molecule has 0 unspecified atom stereocenters. The number of hydrogen-bond donors (Lipinski definition) is 2. The van der Waals surface area contributed by atoms with Crippen molar-refractivity contribution in [3.63, 3.8) is 0 Å². The Balaban J connectivity index is 1.11. The summed E-state index contributed by atoms with van der Waals surface area (Å²) in [5.41, 5.74) is 11.8. The highest BCUT2D eigenvalue weighted by Crippen LogP contribution is 2.30. The number of nitrogens with two attached hydrogens (primary N) is 1. The molecule has 3 aliphatic rings. The molecule has 2 aromatic heterocycles. The van der Waals surface area contributed by atoms with Gasteiger partial charge in [0, 0.05) is 81.7 Å². The van der Waals surface area contributed by atoms with Crippen LogP contribution >= 0.6 is 22.9 Å². The van der Waals surface area contributed by atoms with Gasteiger partial charge in [-0.15, -0.1) is 11.3 Å². The number of rotatable bonds is 8. The Labute approximate surface area is 279 Å². The van der Waals surface area contributed by atoms with Gasteiger partial charge in [0.25, 0.3) is 0 Å². The first-order valence-corrected chi connectivity index (χ1v) is 17.5. The molecule has 1 atom stereocenters. The van der Waals surface area contributed by atoms with E-state index in [1.165, 1.54) is 5.56 Å². The topological polar surface area (TPSA) is 115 Å². The first-order chi connectivity index (χ1) is 22.3. The lowest BCUT2D eigenvalue weighted by Gasteiger charge is -2.39. The van der Waals surface area contributed by atoms with Crippen molar-refractivity contribution in [1.82, 2.24) is 19.7 Å². The van der Waals surface area contributed by atoms with Crippen LogP contribution in [0.4, 0.5) is 21.9 Å². The molecular weight excluding hydrogens is 622 g/mol. The van der Waals surface area contributed by atoms with E-state index in [1.807, 2.05) is 51.3 Å². The smallest absolute Gasteiger partial charge is 0.322 e. The minimum atomic E-state index is -0.516. The third-order valence-electron chi connectivity index (χ3n) is 9.65. The average molecular weight is 664 g/mol. The van der Waals surface area contributed by atoms with E-state index in [0.717, 1.165) is 61.3 Å². The minimum Gasteiger partial charge on any atom is -0.397 e. The predicted octanol–water partition coefficient (Wildman–Crippen LogP) is 4.92. The molecule has 3 aromatic rings. The van der Waals surface area contributed by atoms with Crippen LogP contribution < -0.4 is 16.0 Å². The van der Waals surface area contributed by atoms with E-state index in [-0.39, 0.29) is 30.3 Å². The maximum absolute atomic E-state index is 14.1. The summed E-state index contributed by atoms with van der Waals surface area (Å²) in [6, 6.07) is 7.83. The monoisotopic (exact) mass is 663 g/mol. The van der Waals surface area contributed by atoms with Crippen molar-refractivity contribution < 1.29 is 14.4 Å². The second-order valence-corrected chi connectivity index (χ2v) is 13.6. The van der Waals surface area contributed by atoms with Gasteiger partial charge >= 0.3 is 6.03 Å². The van der Waals surface area contributed by atoms with E-state index in [9.17, 15) is 14.4 Å². The number of amides is 4. The maximum atomic E-state index is 14.1. The summed E-state index contributed by atoms with van der Waals surface area (Å²) in [6.45, 7) is 6.43. The molecule has 4 amide bonds. The molecule has 244 valence electrons. The van der Waals surface area contributed by atoms with Gasteiger partial charge in [-0.3, -0.25) is 14.6 Å². The summed E-state index contributed by atoms with van der Waals surface area (Å²) < 4.78 is 0. The number of halogens is 1. The van der Waals surface area contributed by atoms with Crippen molar-refractivity contribution in [2.24, 2.45) is 5.92 Å². The summed E-state index contributed by atoms with van der Waals surface area (Å²) in [6.07, 6.45) is 7.09. The number of nitrogen functional groups attached to an aromatic ring is 1. The Bertz CT molecular complexity index is 1550. The first-order valence-electron chi connectivity index (χ1n) is 16.2. The number of nitrogens with one attached hydrogen (secondary N) is 1. The molecular formula is C34H42ClN7O3S. The molecule has 2 saturated heterocycles. The molecule has 0 spiro atoms. The van der Waals surface area contributed by atoms with Crippen molar-refractivity contribution >= 4 is 57.8 Å². The summed E-state index contributed by atoms with van der Waals surface area (Å²) in [5, 5.41) is 7.62. The molecule has 3 N–H and O–H groups in total. The van der Waals surface area contributed by atoms with E-state index in [0.29, 0.717) is 49.9 Å². The molecule has 5 heterocycles. The van der Waals surface area contributed by atoms with Gasteiger partial charge in [-0.2, -0.15) is 0 Å². The largest absolute Gasteiger partial charge is 0.397 e. The highest BCUT2D eigenvalue weighted by molar-refractivity contribution is 7.08. The molecule has 2 fully saturated rings. The first kappa shape index (κ1) is 32.1. The zero-order valence-corrected chi connectivity index (χ0v) is 27.9. The van der Waals surface area contributed by atoms with Crippen LogP contribution in [0.25, 0.3) is 0 Å². The number of hydrogen-bond acceptors (Lipinski definition) is 7. The molecule has 46 heavy (non-hydrogen) atoms. The van der Waals surface area contributed by atoms with Gasteiger partial charge in [-0.1, -0.05) is 24.6 Å². The number of piperazine rings is 1. The van der Waals surface area contributed by atoms with Crippen LogP contribution in [-0.4, -0.2) is 89.4 Å². The molecule has 3 aliphatic heterocycles. The van der Waals surface area contributed by atoms with Crippen molar-refractivity contribution in [1.29, 1.82) is 0 Å². The zero-order chi connectivity index (χ0) is 32.2. The lowest BCUT2D eigenvalue weighted by molar-refractivity contribution is -0.142. The van der Waals surface area contributed by atoms with Crippen LogP contribution in [0.15, 0.2) is 47.4 Å². The zero-order valence-electron chi connectivity index (χ0n) is 26.3. The van der Waals surface area contributed by atoms with Crippen molar-refractivity contribution in [2.75, 3.05) is 61.8 Å². The fourth-order valence-corrected chi connectivity index (χ4v) is 8.03. The summed E-state index contributed by atoms with van der Waals surface area (Å²) in [4.78, 5) is 52.9. The molecule has 0 bridgehead atoms. The summed E-state index contributed by atoms with van der Waals surface area (Å²) in [5.74, 6) is -0.541. The highest BCUT2D eigenvalue weighted by atomic mass is 35.5. The van der Waals surface area contributed by atoms with Crippen molar-refractivity contribution in [3.05, 3.63) is 69.1 Å². The number of aryl methyl sites for hydroxylation is 1. The van der Waals surface area contributed by atoms with Gasteiger partial charge in [-0.25, -0.2) is 4.79 Å². The van der Waals surface area contributed by atoms with E-state index in [4.69, 9.17) is 17.3 Å². The molecule has 12 heteroatoms. The average Bonchev–Trinajstić information content (AvgIpc) is 3.46. The molecule has 0 aliphatic carbocycles. The highest BCUT2D eigenvalue weighted by Gasteiger charge is 2.34. The van der Waals surface area contributed by atoms with Gasteiger partial charge in [0.1, 0.15) is 0 Å². The van der Waals surface area contributed by atoms with Crippen LogP contribution in [0, 0.1) is 5.92 Å². The minimum absolute atomic E-state index is 0.00262. The second kappa shape index (κ2) is 14.3. The van der Waals surface area contributed by atoms with Crippen LogP contribution in [0.5, 0.6) is 0 Å². The number of nitrogens with zero attached hydrogens (tertiary/aromatic N) is 5. The van der Waals surface area contributed by atoms with Crippen LogP contribution in [0.1, 0.15) is 42.9 Å². The predicted molar refractivity (Wildman–Crippen MR) is 183 cm³/mol. The van der Waals surface area contributed by atoms with Gasteiger partial charge in [0.2, 0.25) is 11.8 Å². The summed E-state index contributed by atoms with van der Waals surface area (Å²) in [7, 11) is 0. The normalized spacial score (nSPS) is 18.2. The number of anilines is 3. The number of benzene rings is 1. The number of pyridine rings is 1. The van der Waals surface area contributed by atoms with Crippen molar-refractivity contribution in [2.45, 2.75) is 51.5 Å². The fourth-order valence-electron chi connectivity index (χ4n) is 6.95. The lowest BCUT2D eigenvalue weighted by Crippen LogP contribution is -2.52. The van der Waals surface area contributed by atoms with Crippen LogP contribution in [0.2, 0.25) is 5.02 Å². The number of likely N-dealkylation sites (tertiary alicyclic amines) is 1. The Morgan fingerprint density at radius 2 is 1.78 bits per heavy atom. The van der Waals surface area contributed by atoms with E-state index >= 15 is 0 Å². The van der Waals surface area contributed by atoms with Crippen molar-refractivity contribution in [3.8, 4) is 0 Å². The number of carbonyl (C=O) groups is 3. The van der Waals surface area contributed by atoms with Gasteiger partial charge in [0.05, 0.1) is 22.3 Å². The third-order valence-corrected chi connectivity index (χ3v) is 10.8. The van der Waals surface area contributed by atoms with Gasteiger partial charge in [-0.05, 0) is 72.4 Å². The Morgan fingerprint density at radius 1 is 1.04 bits per heavy atom.